The van der Waals surface area contributed by atoms with Crippen molar-refractivity contribution in [1.29, 1.82) is 0 Å². The van der Waals surface area contributed by atoms with E-state index >= 15 is 0 Å². The van der Waals surface area contributed by atoms with E-state index < -0.39 is 0 Å². The van der Waals surface area contributed by atoms with Crippen molar-refractivity contribution in [3.8, 4) is 11.4 Å². The normalized spacial score (nSPS) is 11.3. The highest BCUT2D eigenvalue weighted by molar-refractivity contribution is 5.80. The Morgan fingerprint density at radius 1 is 0.808 bits per heavy atom. The van der Waals surface area contributed by atoms with Gasteiger partial charge in [-0.15, -0.1) is 0 Å². The summed E-state index contributed by atoms with van der Waals surface area (Å²) in [5.41, 5.74) is 3.40. The minimum absolute atomic E-state index is 1.03. The molecule has 0 bridgehead atoms. The van der Waals surface area contributed by atoms with E-state index in [4.69, 9.17) is 4.98 Å². The summed E-state index contributed by atoms with van der Waals surface area (Å²) in [4.78, 5) is 9.13. The summed E-state index contributed by atoms with van der Waals surface area (Å²) >= 11 is 0. The van der Waals surface area contributed by atoms with Crippen molar-refractivity contribution in [2.45, 2.75) is 71.3 Å². The molecule has 0 saturated carbocycles. The van der Waals surface area contributed by atoms with Crippen LogP contribution in [0.4, 0.5) is 0 Å². The number of pyridine rings is 1. The molecule has 0 fully saturated rings. The van der Waals surface area contributed by atoms with Crippen molar-refractivity contribution < 1.29 is 0 Å². The number of unbranched alkanes of at least 4 members (excludes halogenated alkanes) is 8. The fourth-order valence-electron chi connectivity index (χ4n) is 3.60. The van der Waals surface area contributed by atoms with Crippen LogP contribution in [0, 0.1) is 0 Å². The number of imidazole rings is 1. The van der Waals surface area contributed by atoms with Gasteiger partial charge in [-0.1, -0.05) is 70.4 Å². The molecule has 0 N–H and O–H groups in total. The van der Waals surface area contributed by atoms with E-state index in [9.17, 15) is 0 Å². The Labute approximate surface area is 157 Å². The Hall–Kier alpha value is -2.16. The van der Waals surface area contributed by atoms with Crippen LogP contribution in [-0.4, -0.2) is 14.5 Å². The number of aromatic nitrogens is 3. The number of fused-ring (bicyclic) bond motifs is 1. The van der Waals surface area contributed by atoms with Gasteiger partial charge < -0.3 is 4.57 Å². The highest BCUT2D eigenvalue weighted by Gasteiger charge is 2.11. The van der Waals surface area contributed by atoms with Crippen LogP contribution < -0.4 is 0 Å². The van der Waals surface area contributed by atoms with E-state index in [1.165, 1.54) is 63.3 Å². The van der Waals surface area contributed by atoms with Gasteiger partial charge in [-0.25, -0.2) is 4.98 Å². The quantitative estimate of drug-likeness (QED) is 0.364. The monoisotopic (exact) mass is 349 g/mol. The highest BCUT2D eigenvalue weighted by Crippen LogP contribution is 2.25. The second-order valence-electron chi connectivity index (χ2n) is 7.15. The fourth-order valence-corrected chi connectivity index (χ4v) is 3.60. The van der Waals surface area contributed by atoms with Crippen LogP contribution in [-0.2, 0) is 6.54 Å². The zero-order chi connectivity index (χ0) is 18.0. The zero-order valence-corrected chi connectivity index (χ0v) is 16.0. The van der Waals surface area contributed by atoms with Crippen LogP contribution in [0.2, 0.25) is 0 Å². The van der Waals surface area contributed by atoms with Crippen molar-refractivity contribution in [3.05, 3.63) is 48.8 Å². The lowest BCUT2D eigenvalue weighted by Crippen LogP contribution is -2.01. The minimum Gasteiger partial charge on any atom is -0.324 e. The maximum absolute atomic E-state index is 4.86. The first-order chi connectivity index (χ1) is 12.9. The molecule has 138 valence electrons. The number of hydrogen-bond donors (Lipinski definition) is 0. The molecule has 3 aromatic rings. The average molecular weight is 350 g/mol. The molecule has 26 heavy (non-hydrogen) atoms. The largest absolute Gasteiger partial charge is 0.324 e. The summed E-state index contributed by atoms with van der Waals surface area (Å²) in [6.45, 7) is 3.31. The molecule has 2 aromatic heterocycles. The molecule has 0 aliphatic rings. The number of aryl methyl sites for hydroxylation is 1. The van der Waals surface area contributed by atoms with Crippen LogP contribution in [0.5, 0.6) is 0 Å². The average Bonchev–Trinajstić information content (AvgIpc) is 3.06. The Bertz CT molecular complexity index is 777. The zero-order valence-electron chi connectivity index (χ0n) is 16.0. The molecule has 2 heterocycles. The molecule has 0 spiro atoms. The maximum atomic E-state index is 4.86. The van der Waals surface area contributed by atoms with Crippen molar-refractivity contribution >= 4 is 11.0 Å². The molecule has 0 saturated heterocycles. The number of benzene rings is 1. The van der Waals surface area contributed by atoms with Gasteiger partial charge in [-0.3, -0.25) is 4.98 Å². The third-order valence-electron chi connectivity index (χ3n) is 5.06. The van der Waals surface area contributed by atoms with E-state index in [0.717, 1.165) is 23.4 Å². The van der Waals surface area contributed by atoms with E-state index in [2.05, 4.69) is 46.8 Å². The Morgan fingerprint density at radius 2 is 1.54 bits per heavy atom. The van der Waals surface area contributed by atoms with Crippen molar-refractivity contribution in [3.63, 3.8) is 0 Å². The van der Waals surface area contributed by atoms with Crippen molar-refractivity contribution in [2.75, 3.05) is 0 Å². The maximum Gasteiger partial charge on any atom is 0.142 e. The first-order valence-electron chi connectivity index (χ1n) is 10.3. The Balaban J connectivity index is 1.57. The second-order valence-corrected chi connectivity index (χ2v) is 7.15. The molecule has 0 radical (unpaired) electrons. The van der Waals surface area contributed by atoms with Crippen molar-refractivity contribution in [2.24, 2.45) is 0 Å². The van der Waals surface area contributed by atoms with Gasteiger partial charge in [-0.2, -0.15) is 0 Å². The van der Waals surface area contributed by atoms with Gasteiger partial charge in [0.25, 0.3) is 0 Å². The lowest BCUT2D eigenvalue weighted by atomic mass is 10.1. The summed E-state index contributed by atoms with van der Waals surface area (Å²) in [5.74, 6) is 1.04. The van der Waals surface area contributed by atoms with E-state index in [0.29, 0.717) is 0 Å². The summed E-state index contributed by atoms with van der Waals surface area (Å²) in [7, 11) is 0. The molecule has 3 nitrogen and oxygen atoms in total. The summed E-state index contributed by atoms with van der Waals surface area (Å²) in [6.07, 6.45) is 15.9. The first kappa shape index (κ1) is 18.6. The van der Waals surface area contributed by atoms with Gasteiger partial charge in [0.05, 0.1) is 11.0 Å². The van der Waals surface area contributed by atoms with Gasteiger partial charge in [0.15, 0.2) is 0 Å². The van der Waals surface area contributed by atoms with E-state index in [-0.39, 0.29) is 0 Å². The first-order valence-corrected chi connectivity index (χ1v) is 10.3. The molecular weight excluding hydrogens is 318 g/mol. The molecule has 0 aliphatic carbocycles. The van der Waals surface area contributed by atoms with E-state index in [1.54, 1.807) is 0 Å². The summed E-state index contributed by atoms with van der Waals surface area (Å²) in [5, 5.41) is 0. The predicted octanol–water partition coefficient (Wildman–Crippen LogP) is 6.63. The lowest BCUT2D eigenvalue weighted by Gasteiger charge is -2.09. The summed E-state index contributed by atoms with van der Waals surface area (Å²) < 4.78 is 2.37. The summed E-state index contributed by atoms with van der Waals surface area (Å²) in [6, 6.07) is 12.5. The third kappa shape index (κ3) is 4.94. The van der Waals surface area contributed by atoms with Gasteiger partial charge in [-0.05, 0) is 30.7 Å². The topological polar surface area (TPSA) is 30.7 Å². The van der Waals surface area contributed by atoms with Crippen LogP contribution in [0.1, 0.15) is 64.7 Å². The van der Waals surface area contributed by atoms with Gasteiger partial charge in [0.2, 0.25) is 0 Å². The van der Waals surface area contributed by atoms with Crippen molar-refractivity contribution in [1.82, 2.24) is 14.5 Å². The van der Waals surface area contributed by atoms with Gasteiger partial charge >= 0.3 is 0 Å². The molecule has 1 aromatic carbocycles. The molecular formula is C23H31N3. The number of rotatable bonds is 11. The molecule has 3 rings (SSSR count). The molecule has 0 unspecified atom stereocenters. The van der Waals surface area contributed by atoms with Gasteiger partial charge in [0.1, 0.15) is 5.82 Å². The fraction of sp³-hybridized carbons (Fsp3) is 0.478. The number of para-hydroxylation sites is 2. The Kier molecular flexibility index (Phi) is 7.24. The standard InChI is InChI=1S/C23H31N3/c1-2-3-4-5-6-7-8-9-12-18-26-22-16-11-10-15-21(22)25-23(26)20-14-13-17-24-19-20/h10-11,13-17,19H,2-9,12,18H2,1H3. The lowest BCUT2D eigenvalue weighted by molar-refractivity contribution is 0.544. The predicted molar refractivity (Wildman–Crippen MR) is 110 cm³/mol. The molecule has 3 heteroatoms. The second kappa shape index (κ2) is 10.1. The van der Waals surface area contributed by atoms with Crippen LogP contribution in [0.15, 0.2) is 48.8 Å². The minimum atomic E-state index is 1.03. The third-order valence-corrected chi connectivity index (χ3v) is 5.06. The number of nitrogens with zero attached hydrogens (tertiary/aromatic N) is 3. The Morgan fingerprint density at radius 3 is 2.27 bits per heavy atom. The SMILES string of the molecule is CCCCCCCCCCCn1c(-c2cccnc2)nc2ccccc21. The van der Waals surface area contributed by atoms with Gasteiger partial charge in [0, 0.05) is 24.5 Å². The number of hydrogen-bond acceptors (Lipinski definition) is 2. The molecule has 0 amide bonds. The smallest absolute Gasteiger partial charge is 0.142 e. The van der Waals surface area contributed by atoms with Crippen LogP contribution in [0.3, 0.4) is 0 Å². The molecule has 0 aliphatic heterocycles. The van der Waals surface area contributed by atoms with Crippen LogP contribution in [0.25, 0.3) is 22.4 Å². The molecule has 0 atom stereocenters. The van der Waals surface area contributed by atoms with Crippen LogP contribution >= 0.6 is 0 Å². The van der Waals surface area contributed by atoms with E-state index in [1.807, 2.05) is 18.5 Å². The highest BCUT2D eigenvalue weighted by atomic mass is 15.1.